The predicted molar refractivity (Wildman–Crippen MR) is 70.7 cm³/mol. The molecule has 7 nitrogen and oxygen atoms in total. The van der Waals surface area contributed by atoms with Gasteiger partial charge in [-0.25, -0.2) is 4.98 Å². The van der Waals surface area contributed by atoms with E-state index in [0.717, 1.165) is 4.88 Å². The second kappa shape index (κ2) is 4.86. The summed E-state index contributed by atoms with van der Waals surface area (Å²) in [7, 11) is 0. The fourth-order valence-corrected chi connectivity index (χ4v) is 2.54. The van der Waals surface area contributed by atoms with Crippen molar-refractivity contribution in [3.8, 4) is 0 Å². The molecule has 0 amide bonds. The average Bonchev–Trinajstić information content (AvgIpc) is 2.68. The molecule has 94 valence electrons. The van der Waals surface area contributed by atoms with Crippen LogP contribution < -0.4 is 11.3 Å². The van der Waals surface area contributed by atoms with Gasteiger partial charge in [-0.2, -0.15) is 0 Å². The van der Waals surface area contributed by atoms with E-state index in [1.165, 1.54) is 28.2 Å². The van der Waals surface area contributed by atoms with Crippen molar-refractivity contribution in [3.63, 3.8) is 0 Å². The maximum absolute atomic E-state index is 11.8. The molecule has 0 fully saturated rings. The van der Waals surface area contributed by atoms with Crippen molar-refractivity contribution in [2.75, 3.05) is 5.73 Å². The monoisotopic (exact) mass is 330 g/mol. The number of anilines is 1. The Morgan fingerprint density at radius 2 is 2.33 bits per heavy atom. The van der Waals surface area contributed by atoms with Crippen LogP contribution in [0.25, 0.3) is 0 Å². The van der Waals surface area contributed by atoms with E-state index in [4.69, 9.17) is 5.73 Å². The number of pyridine rings is 1. The summed E-state index contributed by atoms with van der Waals surface area (Å²) in [6, 6.07) is 1.18. The van der Waals surface area contributed by atoms with Gasteiger partial charge in [0.15, 0.2) is 5.13 Å². The molecule has 0 saturated heterocycles. The first kappa shape index (κ1) is 12.7. The number of nitrogens with two attached hydrogens (primary N) is 1. The Hall–Kier alpha value is -1.74. The first-order chi connectivity index (χ1) is 8.47. The van der Waals surface area contributed by atoms with Gasteiger partial charge in [-0.1, -0.05) is 0 Å². The summed E-state index contributed by atoms with van der Waals surface area (Å²) in [6.07, 6.45) is 3.03. The molecule has 2 rings (SSSR count). The maximum Gasteiger partial charge on any atom is 0.335 e. The van der Waals surface area contributed by atoms with E-state index in [9.17, 15) is 14.9 Å². The lowest BCUT2D eigenvalue weighted by atomic mass is 10.4. The van der Waals surface area contributed by atoms with Crippen molar-refractivity contribution in [1.29, 1.82) is 0 Å². The molecule has 9 heteroatoms. The zero-order valence-electron chi connectivity index (χ0n) is 8.87. The van der Waals surface area contributed by atoms with Gasteiger partial charge in [-0.15, -0.1) is 11.3 Å². The highest BCUT2D eigenvalue weighted by molar-refractivity contribution is 9.10. The lowest BCUT2D eigenvalue weighted by Crippen LogP contribution is -2.22. The number of nitrogen functional groups attached to an aromatic ring is 1. The second-order valence-electron chi connectivity index (χ2n) is 3.40. The van der Waals surface area contributed by atoms with Crippen molar-refractivity contribution in [1.82, 2.24) is 9.55 Å². The quantitative estimate of drug-likeness (QED) is 0.679. The fourth-order valence-electron chi connectivity index (χ4n) is 1.40. The summed E-state index contributed by atoms with van der Waals surface area (Å²) in [5, 5.41) is 11.1. The molecule has 0 radical (unpaired) electrons. The number of halogens is 1. The first-order valence-electron chi connectivity index (χ1n) is 4.72. The van der Waals surface area contributed by atoms with E-state index in [1.807, 2.05) is 0 Å². The summed E-state index contributed by atoms with van der Waals surface area (Å²) < 4.78 is 1.71. The number of thiazole rings is 1. The van der Waals surface area contributed by atoms with Crippen LogP contribution in [0.1, 0.15) is 4.88 Å². The summed E-state index contributed by atoms with van der Waals surface area (Å²) in [5.41, 5.74) is 4.35. The minimum Gasteiger partial charge on any atom is -0.375 e. The van der Waals surface area contributed by atoms with Gasteiger partial charge < -0.3 is 10.3 Å². The van der Waals surface area contributed by atoms with Crippen molar-refractivity contribution >= 4 is 38.1 Å². The lowest BCUT2D eigenvalue weighted by Gasteiger charge is -2.03. The molecule has 2 N–H and O–H groups in total. The Kier molecular flexibility index (Phi) is 3.43. The number of hydrogen-bond acceptors (Lipinski definition) is 6. The van der Waals surface area contributed by atoms with Gasteiger partial charge in [0.1, 0.15) is 0 Å². The molecule has 0 bridgehead atoms. The second-order valence-corrected chi connectivity index (χ2v) is 5.46. The Bertz CT molecular complexity index is 666. The van der Waals surface area contributed by atoms with Crippen LogP contribution >= 0.6 is 27.3 Å². The van der Waals surface area contributed by atoms with Crippen LogP contribution in [0.5, 0.6) is 0 Å². The number of hydrogen-bond donors (Lipinski definition) is 1. The molecule has 2 heterocycles. The molecule has 0 aliphatic carbocycles. The predicted octanol–water partition coefficient (Wildman–Crippen LogP) is 1.61. The summed E-state index contributed by atoms with van der Waals surface area (Å²) >= 11 is 4.37. The van der Waals surface area contributed by atoms with E-state index < -0.39 is 16.2 Å². The zero-order valence-corrected chi connectivity index (χ0v) is 11.3. The molecule has 0 spiro atoms. The fraction of sp³-hybridized carbons (Fsp3) is 0.111. The maximum atomic E-state index is 11.8. The molecule has 0 unspecified atom stereocenters. The van der Waals surface area contributed by atoms with E-state index in [-0.39, 0.29) is 6.54 Å². The highest BCUT2D eigenvalue weighted by Gasteiger charge is 2.16. The normalized spacial score (nSPS) is 10.5. The van der Waals surface area contributed by atoms with Crippen LogP contribution in [0.3, 0.4) is 0 Å². The molecule has 2 aromatic rings. The number of rotatable bonds is 3. The molecular formula is C9H7BrN4O3S. The van der Waals surface area contributed by atoms with Crippen LogP contribution in [0.2, 0.25) is 0 Å². The Balaban J connectivity index is 2.45. The summed E-state index contributed by atoms with van der Waals surface area (Å²) in [5.74, 6) is 0. The smallest absolute Gasteiger partial charge is 0.335 e. The molecule has 18 heavy (non-hydrogen) atoms. The molecule has 0 aliphatic rings. The molecule has 0 atom stereocenters. The number of nitro groups is 1. The van der Waals surface area contributed by atoms with Crippen LogP contribution in [-0.2, 0) is 6.54 Å². The minimum atomic E-state index is -0.704. The third-order valence-electron chi connectivity index (χ3n) is 2.13. The average molecular weight is 331 g/mol. The highest BCUT2D eigenvalue weighted by atomic mass is 79.9. The Morgan fingerprint density at radius 1 is 1.61 bits per heavy atom. The summed E-state index contributed by atoms with van der Waals surface area (Å²) in [6.45, 7) is 0.202. The first-order valence-corrected chi connectivity index (χ1v) is 6.33. The van der Waals surface area contributed by atoms with E-state index >= 15 is 0 Å². The van der Waals surface area contributed by atoms with Crippen LogP contribution in [0.15, 0.2) is 27.7 Å². The molecule has 2 aromatic heterocycles. The Morgan fingerprint density at radius 3 is 2.89 bits per heavy atom. The van der Waals surface area contributed by atoms with Gasteiger partial charge in [-0.05, 0) is 15.9 Å². The SMILES string of the molecule is Nc1ncc(Cn2cc(Br)cc([N+](=O)[O-])c2=O)s1. The third-order valence-corrected chi connectivity index (χ3v) is 3.37. The topological polar surface area (TPSA) is 104 Å². The molecular weight excluding hydrogens is 324 g/mol. The van der Waals surface area contributed by atoms with Gasteiger partial charge in [0.2, 0.25) is 0 Å². The van der Waals surface area contributed by atoms with Crippen LogP contribution in [0, 0.1) is 10.1 Å². The number of nitrogens with zero attached hydrogens (tertiary/aromatic N) is 3. The summed E-state index contributed by atoms with van der Waals surface area (Å²) in [4.78, 5) is 26.5. The highest BCUT2D eigenvalue weighted by Crippen LogP contribution is 2.18. The largest absolute Gasteiger partial charge is 0.375 e. The van der Waals surface area contributed by atoms with Crippen molar-refractivity contribution < 1.29 is 4.92 Å². The van der Waals surface area contributed by atoms with Gasteiger partial charge >= 0.3 is 11.2 Å². The van der Waals surface area contributed by atoms with Crippen molar-refractivity contribution in [3.05, 3.63) is 48.3 Å². The van der Waals surface area contributed by atoms with Crippen molar-refractivity contribution in [2.24, 2.45) is 0 Å². The molecule has 0 aromatic carbocycles. The van der Waals surface area contributed by atoms with Gasteiger partial charge in [0, 0.05) is 27.8 Å². The van der Waals surface area contributed by atoms with E-state index in [0.29, 0.717) is 9.60 Å². The van der Waals surface area contributed by atoms with Crippen LogP contribution in [-0.4, -0.2) is 14.5 Å². The van der Waals surface area contributed by atoms with Gasteiger partial charge in [0.05, 0.1) is 11.5 Å². The Labute approximate surface area is 113 Å². The van der Waals surface area contributed by atoms with Crippen LogP contribution in [0.4, 0.5) is 10.8 Å². The van der Waals surface area contributed by atoms with Gasteiger partial charge in [-0.3, -0.25) is 14.9 Å². The van der Waals surface area contributed by atoms with E-state index in [1.54, 1.807) is 6.20 Å². The van der Waals surface area contributed by atoms with E-state index in [2.05, 4.69) is 20.9 Å². The molecule has 0 saturated carbocycles. The number of aromatic nitrogens is 2. The van der Waals surface area contributed by atoms with Crippen molar-refractivity contribution in [2.45, 2.75) is 6.54 Å². The lowest BCUT2D eigenvalue weighted by molar-refractivity contribution is -0.386. The standard InChI is InChI=1S/C9H7BrN4O3S/c10-5-1-7(14(16)17)8(15)13(3-5)4-6-2-12-9(11)18-6/h1-3H,4H2,(H2,11,12). The van der Waals surface area contributed by atoms with Gasteiger partial charge in [0.25, 0.3) is 0 Å². The molecule has 0 aliphatic heterocycles. The zero-order chi connectivity index (χ0) is 13.3. The third kappa shape index (κ3) is 2.57. The minimum absolute atomic E-state index is 0.202.